The Morgan fingerprint density at radius 1 is 0.291 bits per heavy atom. The van der Waals surface area contributed by atoms with E-state index in [1.54, 1.807) is 16.5 Å². The number of rotatable bonds is 18. The average Bonchev–Trinajstić information content (AvgIpc) is 1.65. The quantitative estimate of drug-likeness (QED) is 0.0608. The van der Waals surface area contributed by atoms with Crippen LogP contribution in [0.2, 0.25) is 51.8 Å². The Bertz CT molecular complexity index is 8480. The third-order valence-electron chi connectivity index (χ3n) is 25.2. The van der Waals surface area contributed by atoms with E-state index >= 15 is 0 Å². The zero-order valence-corrected chi connectivity index (χ0v) is 99.0. The van der Waals surface area contributed by atoms with Crippen LogP contribution in [-0.2, 0) is 79.5 Å². The van der Waals surface area contributed by atoms with Crippen molar-refractivity contribution in [2.45, 2.75) is 119 Å². The van der Waals surface area contributed by atoms with Crippen LogP contribution in [0, 0.1) is 61.0 Å². The molecule has 0 fully saturated rings. The number of pyridine rings is 3. The maximum Gasteiger partial charge on any atom is 0.123 e. The van der Waals surface area contributed by atoms with E-state index in [2.05, 4.69) is 217 Å². The third kappa shape index (κ3) is 24.6. The molecule has 15 aromatic carbocycles. The number of fused-ring (bicyclic) bond motifs is 12. The molecule has 3 radical (unpaired) electrons. The monoisotopic (exact) mass is 2660 g/mol. The molecule has 9 aromatic heterocycles. The molecule has 0 saturated heterocycles. The summed E-state index contributed by atoms with van der Waals surface area (Å²) >= 11 is -6.38. The minimum atomic E-state index is -2.32. The van der Waals surface area contributed by atoms with E-state index in [4.69, 9.17) is 42.8 Å². The number of aromatic nitrogens is 9. The number of benzene rings is 15. The van der Waals surface area contributed by atoms with Crippen molar-refractivity contribution >= 4 is 152 Å². The number of imidazole rings is 3. The summed E-state index contributed by atoms with van der Waals surface area (Å²) in [7, 11) is 0. The number of hydrogen-bond acceptors (Lipinski definition) is 9. The van der Waals surface area contributed by atoms with Crippen molar-refractivity contribution in [3.8, 4) is 85.0 Å². The van der Waals surface area contributed by atoms with Crippen LogP contribution in [0.4, 0.5) is 0 Å². The van der Waals surface area contributed by atoms with Crippen molar-refractivity contribution < 1.29 is 83.2 Å². The van der Waals surface area contributed by atoms with Crippen LogP contribution in [0.3, 0.4) is 0 Å². The molecule has 0 aliphatic carbocycles. The van der Waals surface area contributed by atoms with Crippen molar-refractivity contribution in [3.63, 3.8) is 0 Å². The smallest absolute Gasteiger partial charge is 0.123 e. The van der Waals surface area contributed by atoms with Crippen molar-refractivity contribution in [2.24, 2.45) is 17.8 Å². The predicted molar refractivity (Wildman–Crippen MR) is 613 cm³/mol. The fourth-order valence-electron chi connectivity index (χ4n) is 18.4. The first-order valence-corrected chi connectivity index (χ1v) is 71.5. The maximum absolute atomic E-state index is 8.60. The topological polar surface area (TPSA) is 132 Å². The zero-order valence-electron chi connectivity index (χ0n) is 92.5. The van der Waals surface area contributed by atoms with Crippen LogP contribution in [0.25, 0.3) is 184 Å². The second-order valence-electron chi connectivity index (χ2n) is 40.4. The van der Waals surface area contributed by atoms with Gasteiger partial charge < -0.3 is 27.0 Å². The Kier molecular flexibility index (Phi) is 31.8. The Hall–Kier alpha value is -12.9. The van der Waals surface area contributed by atoms with Crippen LogP contribution >= 0.6 is 0 Å². The minimum absolute atomic E-state index is 0. The summed E-state index contributed by atoms with van der Waals surface area (Å²) in [5.41, 5.74) is 25.7. The van der Waals surface area contributed by atoms with E-state index in [0.717, 1.165) is 193 Å². The molecule has 0 N–H and O–H groups in total. The standard InChI is InChI=1S/3C25H15N2O.C19H26GeN.2C18H24GeN.3Ir/c3*1-2-8-18(9-3-1)27-22-12-6-5-11-21(22)26-25(27)17-14-15-20-19-10-4-7-13-23(19)28-24(20)16-17;1-14(2)11-17-12-19(16-9-7-15(3)8-10-16)21-13-18(17)20(4,5)6;2*1-14(2)11-16-12-18(15-9-7-6-8-10-15)20-13-17(16)19(3,4)5;;;/h3*1-13,15-16H;7-9,12-14H,11H2,1-6H3;2*6-9,12-14H,11H2,1-5H3;;;/q6*-1;;;/i;;;3D3,11D2;11D2;;;;. The number of nitrogens with zero attached hydrogens (tertiary/aromatic N) is 9. The van der Waals surface area contributed by atoms with Gasteiger partial charge in [0.15, 0.2) is 0 Å². The second kappa shape index (κ2) is 47.8. The summed E-state index contributed by atoms with van der Waals surface area (Å²) in [6, 6.07) is 138. The molecule has 0 bridgehead atoms. The van der Waals surface area contributed by atoms with Gasteiger partial charge in [0, 0.05) is 77.4 Å². The van der Waals surface area contributed by atoms with E-state index in [9.17, 15) is 0 Å². The molecule has 0 saturated carbocycles. The van der Waals surface area contributed by atoms with Crippen LogP contribution in [0.5, 0.6) is 0 Å². The Labute approximate surface area is 927 Å². The molecular formula is C130H119Ge3Ir3N9O3-6. The summed E-state index contributed by atoms with van der Waals surface area (Å²) in [5, 5.41) is 6.54. The predicted octanol–water partition coefficient (Wildman–Crippen LogP) is 32.4. The van der Waals surface area contributed by atoms with Gasteiger partial charge in [0.25, 0.3) is 0 Å². The summed E-state index contributed by atoms with van der Waals surface area (Å²) in [6.45, 7) is 10.1. The van der Waals surface area contributed by atoms with Gasteiger partial charge in [0.2, 0.25) is 0 Å². The first-order chi connectivity index (χ1) is 72.9. The number of aryl methyl sites for hydroxylation is 1. The molecule has 747 valence electrons. The first-order valence-electron chi connectivity index (χ1n) is 53.0. The zero-order chi connectivity index (χ0) is 107. The van der Waals surface area contributed by atoms with Crippen molar-refractivity contribution in [1.29, 1.82) is 0 Å². The second-order valence-corrected chi connectivity index (χ2v) is 72.1. The summed E-state index contributed by atoms with van der Waals surface area (Å²) in [4.78, 5) is 28.6. The van der Waals surface area contributed by atoms with Gasteiger partial charge in [-0.2, -0.15) is 0 Å². The van der Waals surface area contributed by atoms with Crippen molar-refractivity contribution in [3.05, 3.63) is 435 Å². The fraction of sp³-hybridized carbons (Fsp3) is 0.169. The van der Waals surface area contributed by atoms with Crippen LogP contribution in [0.1, 0.15) is 73.4 Å². The van der Waals surface area contributed by atoms with Gasteiger partial charge in [-0.25, -0.2) is 0 Å². The fourth-order valence-corrected chi connectivity index (χ4v) is 27.6. The molecule has 0 spiro atoms. The van der Waals surface area contributed by atoms with E-state index < -0.39 is 59.4 Å². The van der Waals surface area contributed by atoms with Gasteiger partial charge in [0.1, 0.15) is 16.7 Å². The van der Waals surface area contributed by atoms with E-state index in [1.165, 1.54) is 11.6 Å². The Morgan fingerprint density at radius 2 is 0.588 bits per heavy atom. The molecule has 0 aliphatic heterocycles. The van der Waals surface area contributed by atoms with E-state index in [1.807, 2.05) is 295 Å². The number of hydrogen-bond donors (Lipinski definition) is 0. The minimum Gasteiger partial charge on any atom is -0.476 e. The summed E-state index contributed by atoms with van der Waals surface area (Å²) < 4.78 is 85.2. The maximum atomic E-state index is 8.60. The molecule has 18 heteroatoms. The van der Waals surface area contributed by atoms with Crippen LogP contribution < -0.4 is 13.2 Å². The van der Waals surface area contributed by atoms with Crippen LogP contribution in [0.15, 0.2) is 390 Å². The largest absolute Gasteiger partial charge is 0.476 e. The van der Waals surface area contributed by atoms with Gasteiger partial charge in [-0.15, -0.1) is 53.1 Å². The average molecular weight is 2660 g/mol. The number of para-hydroxylation sites is 12. The molecule has 12 nitrogen and oxygen atoms in total. The molecule has 0 amide bonds. The molecule has 0 atom stereocenters. The van der Waals surface area contributed by atoms with Gasteiger partial charge >= 0.3 is 392 Å². The Balaban J connectivity index is 0.000000132. The molecular weight excluding hydrogens is 2530 g/mol. The molecule has 24 aromatic rings. The van der Waals surface area contributed by atoms with Gasteiger partial charge in [-0.3, -0.25) is 15.0 Å². The van der Waals surface area contributed by atoms with Crippen molar-refractivity contribution in [1.82, 2.24) is 43.6 Å². The molecule has 0 unspecified atom stereocenters. The Morgan fingerprint density at radius 3 is 0.892 bits per heavy atom. The molecule has 24 rings (SSSR count). The molecule has 9 heterocycles. The third-order valence-corrected chi connectivity index (χ3v) is 38.0. The van der Waals surface area contributed by atoms with Crippen molar-refractivity contribution in [2.75, 3.05) is 0 Å². The normalized spacial score (nSPS) is 12.5. The van der Waals surface area contributed by atoms with Gasteiger partial charge in [-0.1, -0.05) is 180 Å². The summed E-state index contributed by atoms with van der Waals surface area (Å²) in [6.07, 6.45) is 4.20. The first kappa shape index (κ1) is 98.5. The van der Waals surface area contributed by atoms with Crippen LogP contribution in [-0.4, -0.2) is 83.4 Å². The van der Waals surface area contributed by atoms with Gasteiger partial charge in [-0.05, 0) is 107 Å². The van der Waals surface area contributed by atoms with E-state index in [0.29, 0.717) is 22.7 Å². The SMILES string of the molecule is CC(C)Cc1cc(-c2[c-]cccc2)nc[c]1[Ge]([CH3])([CH3])[CH3].[2H]C([2H])([2H])c1c[c-]c(-c2cc(C([2H])([2H])C(C)C)[c]([Ge]([CH3])([CH3])[CH3])cn2)cc1.[2H]C([2H])(c1cc(-c2[c-]cccc2)nc[c]1[Ge]([CH3])([CH3])[CH3])C(C)C.[Ir].[Ir].[Ir].[c-]1cc2c(cc1-c1nc3ccccc3n1-c1ccccc1)oc1ccccc12.[c-]1cc2c(cc1-c1nc3ccccc3n1-c1ccccc1)oc1ccccc12.[c-]1cc2c(cc1-c1nc3ccccc3n1-c1ccccc1)oc1ccccc12. The van der Waals surface area contributed by atoms with E-state index in [-0.39, 0.29) is 77.7 Å². The number of furan rings is 3. The molecule has 148 heavy (non-hydrogen) atoms. The van der Waals surface area contributed by atoms with Gasteiger partial charge in [0.05, 0.1) is 67.3 Å². The molecule has 0 aliphatic rings. The summed E-state index contributed by atoms with van der Waals surface area (Å²) in [5.74, 6) is 23.9.